The van der Waals surface area contributed by atoms with Gasteiger partial charge in [0.2, 0.25) is 0 Å². The molecule has 2 rings (SSSR count). The second kappa shape index (κ2) is 5.70. The lowest BCUT2D eigenvalue weighted by molar-refractivity contribution is 0.0992. The standard InChI is InChI=1S/C17H17BrO/c1-11-4-5-12(2)14(8-11)9-17(19)16-10-15(18)7-6-13(16)3/h4-8,10H,9H2,1-3H3. The highest BCUT2D eigenvalue weighted by molar-refractivity contribution is 9.10. The summed E-state index contributed by atoms with van der Waals surface area (Å²) in [4.78, 5) is 12.4. The molecule has 0 saturated carbocycles. The molecule has 0 amide bonds. The Bertz CT molecular complexity index is 629. The minimum atomic E-state index is 0.174. The van der Waals surface area contributed by atoms with E-state index < -0.39 is 0 Å². The van der Waals surface area contributed by atoms with E-state index >= 15 is 0 Å². The first-order chi connectivity index (χ1) is 8.97. The molecule has 2 aromatic rings. The fraction of sp³-hybridized carbons (Fsp3) is 0.235. The minimum absolute atomic E-state index is 0.174. The molecule has 98 valence electrons. The summed E-state index contributed by atoms with van der Waals surface area (Å²) >= 11 is 3.42. The maximum atomic E-state index is 12.4. The number of hydrogen-bond acceptors (Lipinski definition) is 1. The predicted molar refractivity (Wildman–Crippen MR) is 82.8 cm³/mol. The number of rotatable bonds is 3. The van der Waals surface area contributed by atoms with Crippen LogP contribution in [0.25, 0.3) is 0 Å². The molecule has 0 atom stereocenters. The van der Waals surface area contributed by atoms with Crippen LogP contribution in [0.1, 0.15) is 32.6 Å². The van der Waals surface area contributed by atoms with E-state index in [1.165, 1.54) is 11.1 Å². The number of halogens is 1. The lowest BCUT2D eigenvalue weighted by atomic mass is 9.96. The van der Waals surface area contributed by atoms with Crippen molar-refractivity contribution in [1.82, 2.24) is 0 Å². The summed E-state index contributed by atoms with van der Waals surface area (Å²) in [6.07, 6.45) is 0.463. The van der Waals surface area contributed by atoms with E-state index in [-0.39, 0.29) is 5.78 Å². The van der Waals surface area contributed by atoms with Gasteiger partial charge in [-0.1, -0.05) is 45.8 Å². The smallest absolute Gasteiger partial charge is 0.167 e. The molecule has 0 N–H and O–H groups in total. The normalized spacial score (nSPS) is 10.5. The fourth-order valence-corrected chi connectivity index (χ4v) is 2.51. The average molecular weight is 317 g/mol. The zero-order valence-electron chi connectivity index (χ0n) is 11.5. The van der Waals surface area contributed by atoms with E-state index in [1.807, 2.05) is 25.1 Å². The molecule has 0 heterocycles. The van der Waals surface area contributed by atoms with Crippen LogP contribution in [-0.2, 0) is 6.42 Å². The molecule has 2 aromatic carbocycles. The highest BCUT2D eigenvalue weighted by Crippen LogP contribution is 2.19. The van der Waals surface area contributed by atoms with E-state index in [1.54, 1.807) is 0 Å². The molecule has 0 bridgehead atoms. The summed E-state index contributed by atoms with van der Waals surface area (Å²) in [6, 6.07) is 12.1. The molecule has 0 radical (unpaired) electrons. The van der Waals surface area contributed by atoms with Crippen molar-refractivity contribution in [2.45, 2.75) is 27.2 Å². The molecule has 1 nitrogen and oxygen atoms in total. The summed E-state index contributed by atoms with van der Waals surface area (Å²) in [6.45, 7) is 6.08. The first-order valence-electron chi connectivity index (χ1n) is 6.33. The lowest BCUT2D eigenvalue weighted by Gasteiger charge is -2.09. The quantitative estimate of drug-likeness (QED) is 0.743. The number of carbonyl (C=O) groups excluding carboxylic acids is 1. The Hall–Kier alpha value is -1.41. The number of Topliss-reactive ketones (excluding diaryl/α,β-unsaturated/α-hetero) is 1. The first-order valence-corrected chi connectivity index (χ1v) is 7.12. The van der Waals surface area contributed by atoms with Crippen LogP contribution in [0, 0.1) is 20.8 Å². The lowest BCUT2D eigenvalue weighted by Crippen LogP contribution is -2.07. The Kier molecular flexibility index (Phi) is 4.20. The van der Waals surface area contributed by atoms with Gasteiger partial charge in [-0.3, -0.25) is 4.79 Å². The molecule has 0 spiro atoms. The molecule has 19 heavy (non-hydrogen) atoms. The van der Waals surface area contributed by atoms with Gasteiger partial charge in [-0.25, -0.2) is 0 Å². The van der Waals surface area contributed by atoms with Gasteiger partial charge in [0.1, 0.15) is 0 Å². The maximum Gasteiger partial charge on any atom is 0.167 e. The van der Waals surface area contributed by atoms with Crippen LogP contribution in [0.3, 0.4) is 0 Å². The highest BCUT2D eigenvalue weighted by Gasteiger charge is 2.12. The number of aryl methyl sites for hydroxylation is 3. The first kappa shape index (κ1) is 14.0. The molecule has 0 aromatic heterocycles. The van der Waals surface area contributed by atoms with Crippen molar-refractivity contribution >= 4 is 21.7 Å². The van der Waals surface area contributed by atoms with Crippen LogP contribution in [0.4, 0.5) is 0 Å². The van der Waals surface area contributed by atoms with Crippen LogP contribution in [0.5, 0.6) is 0 Å². The van der Waals surface area contributed by atoms with Crippen molar-refractivity contribution in [3.8, 4) is 0 Å². The van der Waals surface area contributed by atoms with E-state index in [2.05, 4.69) is 48.0 Å². The Labute approximate surface area is 122 Å². The largest absolute Gasteiger partial charge is 0.294 e. The van der Waals surface area contributed by atoms with Crippen molar-refractivity contribution < 1.29 is 4.79 Å². The van der Waals surface area contributed by atoms with E-state index in [0.29, 0.717) is 6.42 Å². The molecular formula is C17H17BrO. The molecule has 0 saturated heterocycles. The van der Waals surface area contributed by atoms with Gasteiger partial charge >= 0.3 is 0 Å². The summed E-state index contributed by atoms with van der Waals surface area (Å²) < 4.78 is 0.947. The second-order valence-corrected chi connectivity index (χ2v) is 5.90. The predicted octanol–water partition coefficient (Wildman–Crippen LogP) is 4.80. The van der Waals surface area contributed by atoms with Crippen LogP contribution in [0.15, 0.2) is 40.9 Å². The number of benzene rings is 2. The third-order valence-corrected chi connectivity index (χ3v) is 3.85. The zero-order valence-corrected chi connectivity index (χ0v) is 13.0. The van der Waals surface area contributed by atoms with Crippen LogP contribution >= 0.6 is 15.9 Å². The van der Waals surface area contributed by atoms with Crippen LogP contribution in [-0.4, -0.2) is 5.78 Å². The van der Waals surface area contributed by atoms with Gasteiger partial charge in [-0.05, 0) is 49.6 Å². The van der Waals surface area contributed by atoms with Gasteiger partial charge in [0.15, 0.2) is 5.78 Å². The summed E-state index contributed by atoms with van der Waals surface area (Å²) in [5, 5.41) is 0. The third kappa shape index (κ3) is 3.32. The van der Waals surface area contributed by atoms with Gasteiger partial charge < -0.3 is 0 Å². The van der Waals surface area contributed by atoms with Crippen LogP contribution in [0.2, 0.25) is 0 Å². The average Bonchev–Trinajstić information content (AvgIpc) is 2.36. The Morgan fingerprint density at radius 2 is 1.68 bits per heavy atom. The number of ketones is 1. The SMILES string of the molecule is Cc1ccc(C)c(CC(=O)c2cc(Br)ccc2C)c1. The van der Waals surface area contributed by atoms with Crippen molar-refractivity contribution in [3.63, 3.8) is 0 Å². The number of carbonyl (C=O) groups is 1. The van der Waals surface area contributed by atoms with Crippen molar-refractivity contribution in [2.75, 3.05) is 0 Å². The summed E-state index contributed by atoms with van der Waals surface area (Å²) in [7, 11) is 0. The maximum absolute atomic E-state index is 12.4. The molecule has 0 fully saturated rings. The molecule has 2 heteroatoms. The molecule has 0 aliphatic heterocycles. The Morgan fingerprint density at radius 1 is 1.00 bits per heavy atom. The highest BCUT2D eigenvalue weighted by atomic mass is 79.9. The number of hydrogen-bond donors (Lipinski definition) is 0. The third-order valence-electron chi connectivity index (χ3n) is 3.36. The second-order valence-electron chi connectivity index (χ2n) is 4.99. The Morgan fingerprint density at radius 3 is 2.42 bits per heavy atom. The van der Waals surface area contributed by atoms with E-state index in [4.69, 9.17) is 0 Å². The van der Waals surface area contributed by atoms with Gasteiger partial charge in [0.25, 0.3) is 0 Å². The van der Waals surface area contributed by atoms with Gasteiger partial charge in [-0.2, -0.15) is 0 Å². The molecular weight excluding hydrogens is 300 g/mol. The topological polar surface area (TPSA) is 17.1 Å². The van der Waals surface area contributed by atoms with Gasteiger partial charge in [-0.15, -0.1) is 0 Å². The zero-order chi connectivity index (χ0) is 14.0. The molecule has 0 unspecified atom stereocenters. The minimum Gasteiger partial charge on any atom is -0.294 e. The van der Waals surface area contributed by atoms with Crippen LogP contribution < -0.4 is 0 Å². The van der Waals surface area contributed by atoms with E-state index in [0.717, 1.165) is 21.2 Å². The van der Waals surface area contributed by atoms with Gasteiger partial charge in [0.05, 0.1) is 0 Å². The van der Waals surface area contributed by atoms with Crippen molar-refractivity contribution in [2.24, 2.45) is 0 Å². The fourth-order valence-electron chi connectivity index (χ4n) is 2.15. The molecule has 0 aliphatic rings. The van der Waals surface area contributed by atoms with Gasteiger partial charge in [0, 0.05) is 16.5 Å². The Balaban J connectivity index is 2.30. The molecule has 0 aliphatic carbocycles. The monoisotopic (exact) mass is 316 g/mol. The van der Waals surface area contributed by atoms with Crippen molar-refractivity contribution in [3.05, 3.63) is 68.7 Å². The van der Waals surface area contributed by atoms with Crippen molar-refractivity contribution in [1.29, 1.82) is 0 Å². The summed E-state index contributed by atoms with van der Waals surface area (Å²) in [5.41, 5.74) is 5.31. The summed E-state index contributed by atoms with van der Waals surface area (Å²) in [5.74, 6) is 0.174. The van der Waals surface area contributed by atoms with E-state index in [9.17, 15) is 4.79 Å².